The van der Waals surface area contributed by atoms with E-state index in [1.54, 1.807) is 0 Å². The van der Waals surface area contributed by atoms with Gasteiger partial charge in [-0.15, -0.1) is 0 Å². The van der Waals surface area contributed by atoms with E-state index in [9.17, 15) is 18.0 Å². The number of halogens is 3. The van der Waals surface area contributed by atoms with Crippen LogP contribution in [-0.4, -0.2) is 48.1 Å². The van der Waals surface area contributed by atoms with E-state index in [2.05, 4.69) is 25.9 Å². The van der Waals surface area contributed by atoms with Gasteiger partial charge in [0.2, 0.25) is 5.91 Å². The fraction of sp³-hybridized carbons (Fsp3) is 0.706. The molecule has 0 radical (unpaired) electrons. The van der Waals surface area contributed by atoms with E-state index in [0.717, 1.165) is 45.0 Å². The summed E-state index contributed by atoms with van der Waals surface area (Å²) >= 11 is 0. The largest absolute Gasteiger partial charge is 0.433 e. The van der Waals surface area contributed by atoms with Crippen LogP contribution in [-0.2, 0) is 17.4 Å². The highest BCUT2D eigenvalue weighted by Crippen LogP contribution is 2.37. The maximum Gasteiger partial charge on any atom is 0.433 e. The molecule has 3 N–H and O–H groups in total. The van der Waals surface area contributed by atoms with Gasteiger partial charge in [-0.05, 0) is 50.8 Å². The molecule has 2 aliphatic heterocycles. The number of hydrogen-bond acceptors (Lipinski definition) is 5. The number of hydrogen-bond donors (Lipinski definition) is 3. The Morgan fingerprint density at radius 2 is 2.08 bits per heavy atom. The SMILES string of the molecule is Cc1cc(C(F)(F)F)nc(CCNC(=O)[C@@H]2CC3(CCNCC3)CN2)n1. The van der Waals surface area contributed by atoms with Crippen LogP contribution in [0.15, 0.2) is 6.07 Å². The van der Waals surface area contributed by atoms with Crippen LogP contribution >= 0.6 is 0 Å². The van der Waals surface area contributed by atoms with Gasteiger partial charge in [-0.1, -0.05) is 0 Å². The fourth-order valence-corrected chi connectivity index (χ4v) is 3.75. The Hall–Kier alpha value is -1.74. The van der Waals surface area contributed by atoms with Crippen LogP contribution < -0.4 is 16.0 Å². The lowest BCUT2D eigenvalue weighted by atomic mass is 9.77. The van der Waals surface area contributed by atoms with Gasteiger partial charge in [-0.2, -0.15) is 13.2 Å². The molecule has 144 valence electrons. The van der Waals surface area contributed by atoms with Crippen LogP contribution in [0.5, 0.6) is 0 Å². The van der Waals surface area contributed by atoms with Gasteiger partial charge in [0.05, 0.1) is 6.04 Å². The zero-order valence-electron chi connectivity index (χ0n) is 14.7. The molecule has 3 heterocycles. The number of piperidine rings is 1. The van der Waals surface area contributed by atoms with Crippen LogP contribution in [0, 0.1) is 12.3 Å². The van der Waals surface area contributed by atoms with Crippen molar-refractivity contribution in [3.63, 3.8) is 0 Å². The molecule has 2 fully saturated rings. The van der Waals surface area contributed by atoms with Crippen molar-refractivity contribution < 1.29 is 18.0 Å². The van der Waals surface area contributed by atoms with Crippen molar-refractivity contribution in [1.82, 2.24) is 25.9 Å². The van der Waals surface area contributed by atoms with Crippen molar-refractivity contribution in [3.8, 4) is 0 Å². The average Bonchev–Trinajstić information content (AvgIpc) is 2.98. The molecule has 1 aromatic rings. The zero-order chi connectivity index (χ0) is 18.8. The monoisotopic (exact) mass is 371 g/mol. The molecule has 1 aromatic heterocycles. The van der Waals surface area contributed by atoms with Gasteiger partial charge < -0.3 is 16.0 Å². The first kappa shape index (κ1) is 19.0. The number of aromatic nitrogens is 2. The van der Waals surface area contributed by atoms with Gasteiger partial charge in [0.25, 0.3) is 0 Å². The summed E-state index contributed by atoms with van der Waals surface area (Å²) in [6.07, 6.45) is -1.41. The second-order valence-corrected chi connectivity index (χ2v) is 7.24. The third-order valence-corrected chi connectivity index (χ3v) is 5.18. The number of nitrogens with one attached hydrogen (secondary N) is 3. The number of nitrogens with zero attached hydrogens (tertiary/aromatic N) is 2. The Kier molecular flexibility index (Phi) is 5.47. The second kappa shape index (κ2) is 7.48. The summed E-state index contributed by atoms with van der Waals surface area (Å²) in [4.78, 5) is 19.9. The maximum atomic E-state index is 12.8. The van der Waals surface area contributed by atoms with Crippen molar-refractivity contribution in [2.75, 3.05) is 26.2 Å². The summed E-state index contributed by atoms with van der Waals surface area (Å²) in [6, 6.07) is 0.681. The molecule has 9 heteroatoms. The molecule has 2 aliphatic rings. The number of rotatable bonds is 4. The number of carbonyl (C=O) groups is 1. The van der Waals surface area contributed by atoms with Crippen molar-refractivity contribution >= 4 is 5.91 Å². The fourth-order valence-electron chi connectivity index (χ4n) is 3.75. The first-order chi connectivity index (χ1) is 12.3. The summed E-state index contributed by atoms with van der Waals surface area (Å²) < 4.78 is 38.4. The molecule has 0 aromatic carbocycles. The van der Waals surface area contributed by atoms with Crippen LogP contribution in [0.25, 0.3) is 0 Å². The highest BCUT2D eigenvalue weighted by atomic mass is 19.4. The van der Waals surface area contributed by atoms with Crippen LogP contribution in [0.2, 0.25) is 0 Å². The van der Waals surface area contributed by atoms with Gasteiger partial charge in [0, 0.05) is 25.2 Å². The Morgan fingerprint density at radius 3 is 2.77 bits per heavy atom. The molecule has 1 amide bonds. The Labute approximate surface area is 150 Å². The molecule has 2 saturated heterocycles. The van der Waals surface area contributed by atoms with Gasteiger partial charge in [-0.25, -0.2) is 9.97 Å². The molecule has 1 atom stereocenters. The van der Waals surface area contributed by atoms with Gasteiger partial charge >= 0.3 is 6.18 Å². The highest BCUT2D eigenvalue weighted by molar-refractivity contribution is 5.82. The van der Waals surface area contributed by atoms with Crippen molar-refractivity contribution in [1.29, 1.82) is 0 Å². The third-order valence-electron chi connectivity index (χ3n) is 5.18. The third kappa shape index (κ3) is 4.50. The van der Waals surface area contributed by atoms with E-state index < -0.39 is 11.9 Å². The topological polar surface area (TPSA) is 78.9 Å². The van der Waals surface area contributed by atoms with E-state index >= 15 is 0 Å². The van der Waals surface area contributed by atoms with Crippen LogP contribution in [0.3, 0.4) is 0 Å². The summed E-state index contributed by atoms with van der Waals surface area (Å²) in [6.45, 7) is 4.50. The molecule has 1 spiro atoms. The summed E-state index contributed by atoms with van der Waals surface area (Å²) in [5.41, 5.74) is -0.496. The number of carbonyl (C=O) groups excluding carboxylic acids is 1. The number of alkyl halides is 3. The lowest BCUT2D eigenvalue weighted by molar-refractivity contribution is -0.141. The molecule has 6 nitrogen and oxygen atoms in total. The van der Waals surface area contributed by atoms with E-state index in [1.807, 2.05) is 0 Å². The summed E-state index contributed by atoms with van der Waals surface area (Å²) in [5.74, 6) is -0.0177. The van der Waals surface area contributed by atoms with Crippen molar-refractivity contribution in [2.24, 2.45) is 5.41 Å². The highest BCUT2D eigenvalue weighted by Gasteiger charge is 2.42. The Balaban J connectivity index is 1.51. The molecule has 0 aliphatic carbocycles. The lowest BCUT2D eigenvalue weighted by Gasteiger charge is -2.33. The minimum Gasteiger partial charge on any atom is -0.354 e. The quantitative estimate of drug-likeness (QED) is 0.741. The molecule has 26 heavy (non-hydrogen) atoms. The summed E-state index contributed by atoms with van der Waals surface area (Å²) in [5, 5.41) is 9.41. The van der Waals surface area contributed by atoms with E-state index in [0.29, 0.717) is 0 Å². The molecule has 0 saturated carbocycles. The molecule has 0 unspecified atom stereocenters. The van der Waals surface area contributed by atoms with Crippen molar-refractivity contribution in [3.05, 3.63) is 23.3 Å². The predicted octanol–water partition coefficient (Wildman–Crippen LogP) is 1.19. The first-order valence-corrected chi connectivity index (χ1v) is 8.91. The van der Waals surface area contributed by atoms with Crippen LogP contribution in [0.4, 0.5) is 13.2 Å². The van der Waals surface area contributed by atoms with Gasteiger partial charge in [0.1, 0.15) is 11.5 Å². The average molecular weight is 371 g/mol. The van der Waals surface area contributed by atoms with Gasteiger partial charge in [0.15, 0.2) is 0 Å². The zero-order valence-corrected chi connectivity index (χ0v) is 14.7. The van der Waals surface area contributed by atoms with Crippen LogP contribution in [0.1, 0.15) is 36.5 Å². The van der Waals surface area contributed by atoms with E-state index in [1.165, 1.54) is 6.92 Å². The predicted molar refractivity (Wildman–Crippen MR) is 89.4 cm³/mol. The minimum absolute atomic E-state index is 0.0897. The Morgan fingerprint density at radius 1 is 1.35 bits per heavy atom. The molecular formula is C17H24F3N5O. The standard InChI is InChI=1S/C17H24F3N5O/c1-11-8-13(17(18,19)20)25-14(24-11)2-5-22-15(26)12-9-16(10-23-12)3-6-21-7-4-16/h8,12,21,23H,2-7,9-10H2,1H3,(H,22,26)/t12-/m0/s1. The van der Waals surface area contributed by atoms with Gasteiger partial charge in [-0.3, -0.25) is 4.79 Å². The first-order valence-electron chi connectivity index (χ1n) is 8.91. The lowest BCUT2D eigenvalue weighted by Crippen LogP contribution is -2.41. The molecular weight excluding hydrogens is 347 g/mol. The molecule has 0 bridgehead atoms. The smallest absolute Gasteiger partial charge is 0.354 e. The van der Waals surface area contributed by atoms with E-state index in [-0.39, 0.29) is 41.8 Å². The minimum atomic E-state index is -4.50. The Bertz CT molecular complexity index is 658. The van der Waals surface area contributed by atoms with E-state index in [4.69, 9.17) is 0 Å². The number of aryl methyl sites for hydroxylation is 1. The second-order valence-electron chi connectivity index (χ2n) is 7.24. The molecule has 3 rings (SSSR count). The normalized spacial score (nSPS) is 22.5. The maximum absolute atomic E-state index is 12.8. The summed E-state index contributed by atoms with van der Waals surface area (Å²) in [7, 11) is 0. The van der Waals surface area contributed by atoms with Crippen molar-refractivity contribution in [2.45, 2.75) is 44.8 Å². The number of amides is 1.